The molecule has 1 aliphatic rings. The Labute approximate surface area is 105 Å². The van der Waals surface area contributed by atoms with Crippen LogP contribution in [0, 0.1) is 5.92 Å². The molecule has 2 rings (SSSR count). The molecule has 1 unspecified atom stereocenters. The predicted octanol–water partition coefficient (Wildman–Crippen LogP) is 3.03. The van der Waals surface area contributed by atoms with Gasteiger partial charge in [0.1, 0.15) is 0 Å². The number of pyridine rings is 1. The number of aromatic nitrogens is 1. The third kappa shape index (κ3) is 3.45. The fourth-order valence-electron chi connectivity index (χ4n) is 2.16. The van der Waals surface area contributed by atoms with E-state index in [9.17, 15) is 13.2 Å². The number of likely N-dealkylation sites (N-methyl/N-ethyl adjacent to an activating group) is 1. The molecule has 1 N–H and O–H groups in total. The number of hydrogen-bond donors (Lipinski definition) is 1. The molecule has 1 aromatic rings. The van der Waals surface area contributed by atoms with E-state index in [0.717, 1.165) is 31.5 Å². The summed E-state index contributed by atoms with van der Waals surface area (Å²) in [4.78, 5) is 4.05. The van der Waals surface area contributed by atoms with Crippen molar-refractivity contribution in [1.29, 1.82) is 0 Å². The summed E-state index contributed by atoms with van der Waals surface area (Å²) in [6, 6.07) is 2.43. The van der Waals surface area contributed by atoms with E-state index in [4.69, 9.17) is 0 Å². The average Bonchev–Trinajstić information content (AvgIpc) is 3.11. The molecule has 1 atom stereocenters. The molecule has 0 saturated heterocycles. The fraction of sp³-hybridized carbons (Fsp3) is 0.615. The molecule has 0 amide bonds. The Balaban J connectivity index is 2.08. The molecule has 0 aliphatic heterocycles. The third-order valence-corrected chi connectivity index (χ3v) is 3.23. The standard InChI is InChI=1S/C13H17F3N2/c1-2-17-12(9-3-4-9)8-11-7-10(5-6-18-11)13(14,15)16/h5-7,9,12,17H,2-4,8H2,1H3. The summed E-state index contributed by atoms with van der Waals surface area (Å²) in [6.45, 7) is 2.84. The summed E-state index contributed by atoms with van der Waals surface area (Å²) in [6.07, 6.45) is -0.144. The van der Waals surface area contributed by atoms with Gasteiger partial charge in [-0.25, -0.2) is 0 Å². The summed E-state index contributed by atoms with van der Waals surface area (Å²) in [5.74, 6) is 0.598. The zero-order chi connectivity index (χ0) is 13.2. The largest absolute Gasteiger partial charge is 0.416 e. The van der Waals surface area contributed by atoms with Gasteiger partial charge in [0.15, 0.2) is 0 Å². The molecular formula is C13H17F3N2. The van der Waals surface area contributed by atoms with E-state index >= 15 is 0 Å². The van der Waals surface area contributed by atoms with Crippen molar-refractivity contribution in [3.8, 4) is 0 Å². The normalized spacial score (nSPS) is 17.8. The lowest BCUT2D eigenvalue weighted by Gasteiger charge is -2.17. The molecule has 18 heavy (non-hydrogen) atoms. The van der Waals surface area contributed by atoms with Crippen LogP contribution in [0.15, 0.2) is 18.3 Å². The molecule has 0 bridgehead atoms. The molecule has 1 fully saturated rings. The van der Waals surface area contributed by atoms with Crippen molar-refractivity contribution in [2.75, 3.05) is 6.54 Å². The number of alkyl halides is 3. The highest BCUT2D eigenvalue weighted by molar-refractivity contribution is 5.20. The van der Waals surface area contributed by atoms with Gasteiger partial charge in [-0.15, -0.1) is 0 Å². The zero-order valence-electron chi connectivity index (χ0n) is 10.3. The van der Waals surface area contributed by atoms with Crippen molar-refractivity contribution < 1.29 is 13.2 Å². The molecule has 100 valence electrons. The Kier molecular flexibility index (Phi) is 3.90. The lowest BCUT2D eigenvalue weighted by atomic mass is 10.0. The minimum Gasteiger partial charge on any atom is -0.314 e. The van der Waals surface area contributed by atoms with Crippen LogP contribution in [0.2, 0.25) is 0 Å². The van der Waals surface area contributed by atoms with Gasteiger partial charge in [0.05, 0.1) is 5.56 Å². The van der Waals surface area contributed by atoms with Crippen molar-refractivity contribution in [2.45, 2.75) is 38.4 Å². The lowest BCUT2D eigenvalue weighted by Crippen LogP contribution is -2.33. The van der Waals surface area contributed by atoms with E-state index in [1.165, 1.54) is 6.20 Å². The molecule has 2 nitrogen and oxygen atoms in total. The Morgan fingerprint density at radius 1 is 1.44 bits per heavy atom. The number of halogens is 3. The zero-order valence-corrected chi connectivity index (χ0v) is 10.3. The first kappa shape index (κ1) is 13.3. The molecule has 1 heterocycles. The first-order valence-corrected chi connectivity index (χ1v) is 6.26. The SMILES string of the molecule is CCNC(Cc1cc(C(F)(F)F)ccn1)C1CC1. The van der Waals surface area contributed by atoms with Crippen LogP contribution in [0.1, 0.15) is 31.0 Å². The maximum Gasteiger partial charge on any atom is 0.416 e. The van der Waals surface area contributed by atoms with Crippen LogP contribution in [0.4, 0.5) is 13.2 Å². The highest BCUT2D eigenvalue weighted by Crippen LogP contribution is 2.34. The fourth-order valence-corrected chi connectivity index (χ4v) is 2.16. The molecular weight excluding hydrogens is 241 g/mol. The van der Waals surface area contributed by atoms with Gasteiger partial charge >= 0.3 is 6.18 Å². The van der Waals surface area contributed by atoms with Gasteiger partial charge in [-0.3, -0.25) is 4.98 Å². The lowest BCUT2D eigenvalue weighted by molar-refractivity contribution is -0.137. The monoisotopic (exact) mass is 258 g/mol. The van der Waals surface area contributed by atoms with Crippen molar-refractivity contribution >= 4 is 0 Å². The maximum absolute atomic E-state index is 12.6. The molecule has 1 saturated carbocycles. The van der Waals surface area contributed by atoms with E-state index in [1.54, 1.807) is 0 Å². The van der Waals surface area contributed by atoms with Crippen molar-refractivity contribution in [3.05, 3.63) is 29.6 Å². The second kappa shape index (κ2) is 5.26. The average molecular weight is 258 g/mol. The summed E-state index contributed by atoms with van der Waals surface area (Å²) in [7, 11) is 0. The van der Waals surface area contributed by atoms with Crippen LogP contribution in [0.5, 0.6) is 0 Å². The maximum atomic E-state index is 12.6. The smallest absolute Gasteiger partial charge is 0.314 e. The predicted molar refractivity (Wildman–Crippen MR) is 63.1 cm³/mol. The molecule has 1 aromatic heterocycles. The Morgan fingerprint density at radius 2 is 2.17 bits per heavy atom. The highest BCUT2D eigenvalue weighted by atomic mass is 19.4. The topological polar surface area (TPSA) is 24.9 Å². The molecule has 0 radical (unpaired) electrons. The van der Waals surface area contributed by atoms with E-state index < -0.39 is 11.7 Å². The second-order valence-corrected chi connectivity index (χ2v) is 4.74. The molecule has 0 aromatic carbocycles. The van der Waals surface area contributed by atoms with Crippen molar-refractivity contribution in [3.63, 3.8) is 0 Å². The number of nitrogens with zero attached hydrogens (tertiary/aromatic N) is 1. The summed E-state index contributed by atoms with van der Waals surface area (Å²) in [5.41, 5.74) is -0.0961. The van der Waals surface area contributed by atoms with Crippen LogP contribution in [0.25, 0.3) is 0 Å². The van der Waals surface area contributed by atoms with E-state index in [2.05, 4.69) is 10.3 Å². The highest BCUT2D eigenvalue weighted by Gasteiger charge is 2.33. The number of nitrogens with one attached hydrogen (secondary N) is 1. The van der Waals surface area contributed by atoms with Gasteiger partial charge in [-0.1, -0.05) is 6.92 Å². The number of hydrogen-bond acceptors (Lipinski definition) is 2. The third-order valence-electron chi connectivity index (χ3n) is 3.23. The van der Waals surface area contributed by atoms with Crippen LogP contribution < -0.4 is 5.32 Å². The summed E-state index contributed by atoms with van der Waals surface area (Å²) >= 11 is 0. The van der Waals surface area contributed by atoms with Gasteiger partial charge in [0.25, 0.3) is 0 Å². The van der Waals surface area contributed by atoms with Crippen LogP contribution >= 0.6 is 0 Å². The first-order valence-electron chi connectivity index (χ1n) is 6.26. The Bertz CT molecular complexity index is 399. The minimum atomic E-state index is -4.29. The van der Waals surface area contributed by atoms with E-state index in [-0.39, 0.29) is 6.04 Å². The van der Waals surface area contributed by atoms with Gasteiger partial charge in [0, 0.05) is 24.4 Å². The van der Waals surface area contributed by atoms with Crippen molar-refractivity contribution in [1.82, 2.24) is 10.3 Å². The van der Waals surface area contributed by atoms with Gasteiger partial charge in [-0.05, 0) is 37.4 Å². The van der Waals surface area contributed by atoms with Crippen molar-refractivity contribution in [2.24, 2.45) is 5.92 Å². The van der Waals surface area contributed by atoms with Gasteiger partial charge in [-0.2, -0.15) is 13.2 Å². The molecule has 5 heteroatoms. The molecule has 0 spiro atoms. The van der Waals surface area contributed by atoms with Crippen LogP contribution in [-0.2, 0) is 12.6 Å². The van der Waals surface area contributed by atoms with E-state index in [0.29, 0.717) is 18.0 Å². The summed E-state index contributed by atoms with van der Waals surface area (Å²) < 4.78 is 37.7. The second-order valence-electron chi connectivity index (χ2n) is 4.74. The summed E-state index contributed by atoms with van der Waals surface area (Å²) in [5, 5.41) is 3.33. The van der Waals surface area contributed by atoms with Gasteiger partial charge < -0.3 is 5.32 Å². The van der Waals surface area contributed by atoms with Crippen LogP contribution in [-0.4, -0.2) is 17.6 Å². The Morgan fingerprint density at radius 3 is 2.72 bits per heavy atom. The van der Waals surface area contributed by atoms with E-state index in [1.807, 2.05) is 6.92 Å². The Hall–Kier alpha value is -1.10. The minimum absolute atomic E-state index is 0.256. The number of rotatable bonds is 5. The molecule has 1 aliphatic carbocycles. The van der Waals surface area contributed by atoms with Crippen LogP contribution in [0.3, 0.4) is 0 Å². The quantitative estimate of drug-likeness (QED) is 0.878. The van der Waals surface area contributed by atoms with Gasteiger partial charge in [0.2, 0.25) is 0 Å². The first-order chi connectivity index (χ1) is 8.50.